The number of hydrogen-bond acceptors (Lipinski definition) is 11. The maximum Gasteiger partial charge on any atom is 0.490 e. The predicted molar refractivity (Wildman–Crippen MR) is 91.9 cm³/mol. The molecule has 1 aromatic heterocycles. The van der Waals surface area contributed by atoms with Crippen LogP contribution in [-0.2, 0) is 31.6 Å². The van der Waals surface area contributed by atoms with Gasteiger partial charge in [-0.25, -0.2) is 22.9 Å². The maximum atomic E-state index is 14.9. The Balaban J connectivity index is 2.18. The number of halogens is 1. The average Bonchev–Trinajstić information content (AvgIpc) is 2.78. The number of aliphatic hydroxyl groups is 2. The van der Waals surface area contributed by atoms with E-state index >= 15 is 0 Å². The van der Waals surface area contributed by atoms with Crippen LogP contribution >= 0.6 is 23.5 Å². The van der Waals surface area contributed by atoms with Gasteiger partial charge < -0.3 is 34.5 Å². The summed E-state index contributed by atoms with van der Waals surface area (Å²) in [4.78, 5) is 60.3. The van der Waals surface area contributed by atoms with Crippen LogP contribution in [0.4, 0.5) is 4.39 Å². The largest absolute Gasteiger partial charge is 0.490 e. The van der Waals surface area contributed by atoms with Crippen molar-refractivity contribution < 1.29 is 65.8 Å². The number of aromatic amines is 1. The van der Waals surface area contributed by atoms with Crippen LogP contribution in [0.25, 0.3) is 0 Å². The Morgan fingerprint density at radius 1 is 1.16 bits per heavy atom. The molecule has 0 aliphatic carbocycles. The third kappa shape index (κ3) is 6.46. The summed E-state index contributed by atoms with van der Waals surface area (Å²) < 4.78 is 64.5. The van der Waals surface area contributed by atoms with Crippen molar-refractivity contribution in [3.63, 3.8) is 0 Å². The monoisotopic (exact) mass is 516 g/mol. The molecular weight excluding hydrogens is 500 g/mol. The first-order chi connectivity index (χ1) is 13.9. The highest BCUT2D eigenvalue weighted by Gasteiger charge is 2.57. The van der Waals surface area contributed by atoms with Gasteiger partial charge in [-0.2, -0.15) is 8.62 Å². The van der Waals surface area contributed by atoms with Crippen LogP contribution in [0.5, 0.6) is 0 Å². The molecule has 2 rings (SSSR count). The van der Waals surface area contributed by atoms with Crippen LogP contribution in [0, 0.1) is 6.92 Å². The molecular formula is C10H16FN2O15P3. The van der Waals surface area contributed by atoms with E-state index in [4.69, 9.17) is 19.4 Å². The number of alkyl halides is 1. The number of aryl methyl sites for hydroxylation is 1. The zero-order valence-corrected chi connectivity index (χ0v) is 17.7. The van der Waals surface area contributed by atoms with E-state index < -0.39 is 65.6 Å². The number of phosphoric ester groups is 1. The summed E-state index contributed by atoms with van der Waals surface area (Å²) in [6.45, 7) is -0.493. The Labute approximate surface area is 170 Å². The zero-order chi connectivity index (χ0) is 24.0. The molecule has 0 amide bonds. The van der Waals surface area contributed by atoms with Gasteiger partial charge in [0.25, 0.3) is 11.4 Å². The summed E-state index contributed by atoms with van der Waals surface area (Å²) in [6, 6.07) is 0. The number of aromatic nitrogens is 2. The Hall–Kier alpha value is -1.10. The maximum absolute atomic E-state index is 14.9. The van der Waals surface area contributed by atoms with E-state index in [0.29, 0.717) is 4.57 Å². The van der Waals surface area contributed by atoms with Crippen LogP contribution in [-0.4, -0.2) is 64.0 Å². The number of nitrogens with one attached hydrogen (secondary N) is 1. The second kappa shape index (κ2) is 8.68. The molecule has 1 saturated heterocycles. The molecule has 31 heavy (non-hydrogen) atoms. The van der Waals surface area contributed by atoms with E-state index in [-0.39, 0.29) is 5.56 Å². The van der Waals surface area contributed by atoms with Crippen molar-refractivity contribution in [2.45, 2.75) is 31.2 Å². The van der Waals surface area contributed by atoms with E-state index in [1.165, 1.54) is 6.92 Å². The molecule has 2 unspecified atom stereocenters. The molecule has 0 bridgehead atoms. The van der Waals surface area contributed by atoms with Crippen LogP contribution in [0.1, 0.15) is 11.8 Å². The standard InChI is InChI=1S/C10H16FN2O15P3/c1-4-2-13(9(17)12-7(4)16)8-5(14)6(15)10(11,26-8)3-25-30(21,22)28-31(23,24)27-29(18,19)20/h2,5-6,8,14-15H,3H2,1H3,(H,21,22)(H,23,24)(H,12,16,17)(H2,18,19,20)/t5-,6+,8-,10-/m1/s1. The molecule has 21 heteroatoms. The molecule has 0 aromatic carbocycles. The molecule has 1 aromatic rings. The van der Waals surface area contributed by atoms with Crippen LogP contribution < -0.4 is 11.2 Å². The number of phosphoric acid groups is 3. The van der Waals surface area contributed by atoms with Gasteiger partial charge in [-0.1, -0.05) is 0 Å². The quantitative estimate of drug-likeness (QED) is 0.186. The number of aliphatic hydroxyl groups excluding tert-OH is 2. The summed E-state index contributed by atoms with van der Waals surface area (Å²) >= 11 is 0. The van der Waals surface area contributed by atoms with E-state index in [0.717, 1.165) is 6.20 Å². The van der Waals surface area contributed by atoms with Gasteiger partial charge in [-0.05, 0) is 6.92 Å². The molecule has 0 saturated carbocycles. The van der Waals surface area contributed by atoms with E-state index in [2.05, 4.69) is 13.1 Å². The highest BCUT2D eigenvalue weighted by molar-refractivity contribution is 7.66. The van der Waals surface area contributed by atoms with E-state index in [9.17, 15) is 42.8 Å². The minimum Gasteiger partial charge on any atom is -0.385 e. The Bertz CT molecular complexity index is 1100. The highest BCUT2D eigenvalue weighted by Crippen LogP contribution is 2.66. The van der Waals surface area contributed by atoms with Crippen molar-refractivity contribution in [2.75, 3.05) is 6.61 Å². The normalized spacial score (nSPS) is 30.6. The van der Waals surface area contributed by atoms with E-state index in [1.54, 1.807) is 0 Å². The van der Waals surface area contributed by atoms with Crippen molar-refractivity contribution in [3.8, 4) is 0 Å². The minimum atomic E-state index is -5.88. The molecule has 0 radical (unpaired) electrons. The lowest BCUT2D eigenvalue weighted by atomic mass is 10.1. The van der Waals surface area contributed by atoms with Gasteiger partial charge in [0, 0.05) is 11.8 Å². The SMILES string of the molecule is Cc1cn([C@@H]2O[C@](F)(COP(=O)(O)OP(=O)(O)OP(=O)(O)O)[C@@H](O)[C@H]2O)c(=O)[nH]c1=O. The second-order valence-electron chi connectivity index (χ2n) is 6.07. The summed E-state index contributed by atoms with van der Waals surface area (Å²) in [6.07, 6.45) is -5.76. The lowest BCUT2D eigenvalue weighted by Crippen LogP contribution is -2.43. The summed E-state index contributed by atoms with van der Waals surface area (Å²) in [5.74, 6) is -3.50. The Morgan fingerprint density at radius 3 is 2.29 bits per heavy atom. The molecule has 6 atom stereocenters. The lowest BCUT2D eigenvalue weighted by Gasteiger charge is -2.24. The van der Waals surface area contributed by atoms with Crippen molar-refractivity contribution in [3.05, 3.63) is 32.6 Å². The molecule has 0 spiro atoms. The van der Waals surface area contributed by atoms with Crippen molar-refractivity contribution in [2.24, 2.45) is 0 Å². The second-order valence-corrected chi connectivity index (χ2v) is 10.5. The van der Waals surface area contributed by atoms with Gasteiger partial charge in [0.2, 0.25) is 0 Å². The Morgan fingerprint density at radius 2 is 1.74 bits per heavy atom. The van der Waals surface area contributed by atoms with Crippen molar-refractivity contribution in [1.29, 1.82) is 0 Å². The molecule has 178 valence electrons. The first kappa shape index (κ1) is 26.2. The summed E-state index contributed by atoms with van der Waals surface area (Å²) in [5.41, 5.74) is -2.02. The first-order valence-electron chi connectivity index (χ1n) is 7.69. The summed E-state index contributed by atoms with van der Waals surface area (Å²) in [5, 5.41) is 19.9. The molecule has 17 nitrogen and oxygen atoms in total. The number of H-pyrrole nitrogens is 1. The fourth-order valence-electron chi connectivity index (χ4n) is 2.34. The first-order valence-corrected chi connectivity index (χ1v) is 12.2. The van der Waals surface area contributed by atoms with Gasteiger partial charge in [0.1, 0.15) is 18.8 Å². The van der Waals surface area contributed by atoms with Crippen LogP contribution in [0.3, 0.4) is 0 Å². The molecule has 7 N–H and O–H groups in total. The third-order valence-electron chi connectivity index (χ3n) is 3.63. The molecule has 1 aliphatic rings. The molecule has 1 fully saturated rings. The smallest absolute Gasteiger partial charge is 0.385 e. The fourth-order valence-corrected chi connectivity index (χ4v) is 5.37. The summed E-state index contributed by atoms with van der Waals surface area (Å²) in [7, 11) is -17.3. The van der Waals surface area contributed by atoms with Gasteiger partial charge in [0.15, 0.2) is 6.23 Å². The zero-order valence-electron chi connectivity index (χ0n) is 15.0. The van der Waals surface area contributed by atoms with Gasteiger partial charge in [-0.3, -0.25) is 18.9 Å². The predicted octanol–water partition coefficient (Wildman–Crippen LogP) is -1.90. The number of rotatable bonds is 8. The average molecular weight is 516 g/mol. The molecule has 1 aliphatic heterocycles. The number of ether oxygens (including phenoxy) is 1. The van der Waals surface area contributed by atoms with Crippen LogP contribution in [0.2, 0.25) is 0 Å². The van der Waals surface area contributed by atoms with Crippen molar-refractivity contribution in [1.82, 2.24) is 9.55 Å². The number of hydrogen-bond donors (Lipinski definition) is 7. The minimum absolute atomic E-state index is 0.0606. The molecule has 2 heterocycles. The van der Waals surface area contributed by atoms with Gasteiger partial charge in [-0.15, -0.1) is 0 Å². The highest BCUT2D eigenvalue weighted by atomic mass is 31.3. The third-order valence-corrected chi connectivity index (χ3v) is 7.42. The topological polar surface area (TPSA) is 264 Å². The van der Waals surface area contributed by atoms with E-state index in [1.807, 2.05) is 4.98 Å². The van der Waals surface area contributed by atoms with Crippen molar-refractivity contribution >= 4 is 23.5 Å². The van der Waals surface area contributed by atoms with Crippen LogP contribution in [0.15, 0.2) is 15.8 Å². The fraction of sp³-hybridized carbons (Fsp3) is 0.600. The number of nitrogens with zero attached hydrogens (tertiary/aromatic N) is 1. The lowest BCUT2D eigenvalue weighted by molar-refractivity contribution is -0.205. The van der Waals surface area contributed by atoms with Gasteiger partial charge in [0.05, 0.1) is 0 Å². The Kier molecular flexibility index (Phi) is 7.33. The van der Waals surface area contributed by atoms with Gasteiger partial charge >= 0.3 is 29.2 Å².